The number of carbonyl (C=O) groups is 2. The predicted octanol–water partition coefficient (Wildman–Crippen LogP) is 2.29. The Morgan fingerprint density at radius 1 is 1.38 bits per heavy atom. The van der Waals surface area contributed by atoms with E-state index in [9.17, 15) is 14.9 Å². The van der Waals surface area contributed by atoms with Gasteiger partial charge in [0, 0.05) is 25.0 Å². The molecule has 1 aliphatic rings. The van der Waals surface area contributed by atoms with Gasteiger partial charge in [0.1, 0.15) is 11.6 Å². The number of amides is 2. The van der Waals surface area contributed by atoms with E-state index in [0.717, 1.165) is 5.69 Å². The molecular weight excluding hydrogens is 352 g/mol. The van der Waals surface area contributed by atoms with E-state index in [0.29, 0.717) is 18.8 Å². The summed E-state index contributed by atoms with van der Waals surface area (Å²) < 4.78 is 5.34. The summed E-state index contributed by atoms with van der Waals surface area (Å²) in [6.07, 6.45) is 1.27. The van der Waals surface area contributed by atoms with E-state index >= 15 is 0 Å². The van der Waals surface area contributed by atoms with Crippen LogP contribution in [0.15, 0.2) is 24.4 Å². The number of aromatic nitrogens is 1. The minimum Gasteiger partial charge on any atom is -0.444 e. The predicted molar refractivity (Wildman–Crippen MR) is 99.3 cm³/mol. The smallest absolute Gasteiger partial charge is 0.410 e. The molecule has 140 valence electrons. The standard InChI is InChI=1S/C18H24N4O3S/c1-18(2,3)25-17(24)21-8-9-22(15(10-19)11-21)16(23)13-26-12-14-6-4-5-7-20-14/h4-7,15H,8-9,11-13H2,1-3H3/t15-/m0/s1. The van der Waals surface area contributed by atoms with E-state index in [1.165, 1.54) is 16.7 Å². The van der Waals surface area contributed by atoms with E-state index in [4.69, 9.17) is 4.74 Å². The SMILES string of the molecule is CC(C)(C)OC(=O)N1CCN(C(=O)CSCc2ccccn2)[C@@H](C#N)C1. The van der Waals surface area contributed by atoms with Gasteiger partial charge in [0.25, 0.3) is 0 Å². The molecule has 8 heteroatoms. The molecule has 2 rings (SSSR count). The van der Waals surface area contributed by atoms with Crippen molar-refractivity contribution in [3.05, 3.63) is 30.1 Å². The van der Waals surface area contributed by atoms with Crippen LogP contribution in [0.1, 0.15) is 26.5 Å². The molecular formula is C18H24N4O3S. The van der Waals surface area contributed by atoms with Gasteiger partial charge in [0.2, 0.25) is 5.91 Å². The molecule has 1 saturated heterocycles. The number of ether oxygens (including phenoxy) is 1. The van der Waals surface area contributed by atoms with Gasteiger partial charge in [-0.25, -0.2) is 4.79 Å². The summed E-state index contributed by atoms with van der Waals surface area (Å²) in [7, 11) is 0. The molecule has 1 aromatic heterocycles. The number of thioether (sulfide) groups is 1. The third-order valence-electron chi connectivity index (χ3n) is 3.70. The van der Waals surface area contributed by atoms with Crippen LogP contribution in [0.3, 0.4) is 0 Å². The van der Waals surface area contributed by atoms with Crippen LogP contribution in [-0.2, 0) is 15.3 Å². The van der Waals surface area contributed by atoms with Crippen LogP contribution in [0.25, 0.3) is 0 Å². The largest absolute Gasteiger partial charge is 0.444 e. The Morgan fingerprint density at radius 2 is 2.15 bits per heavy atom. The fourth-order valence-corrected chi connectivity index (χ4v) is 3.32. The number of hydrogen-bond donors (Lipinski definition) is 0. The quantitative estimate of drug-likeness (QED) is 0.801. The van der Waals surface area contributed by atoms with E-state index in [1.807, 2.05) is 18.2 Å². The molecule has 0 N–H and O–H groups in total. The van der Waals surface area contributed by atoms with Crippen LogP contribution in [0.2, 0.25) is 0 Å². The fourth-order valence-electron chi connectivity index (χ4n) is 2.49. The number of piperazine rings is 1. The second-order valence-electron chi connectivity index (χ2n) is 6.97. The number of carbonyl (C=O) groups excluding carboxylic acids is 2. The van der Waals surface area contributed by atoms with Crippen molar-refractivity contribution in [1.82, 2.24) is 14.8 Å². The van der Waals surface area contributed by atoms with Gasteiger partial charge in [-0.2, -0.15) is 5.26 Å². The molecule has 0 bridgehead atoms. The highest BCUT2D eigenvalue weighted by atomic mass is 32.2. The van der Waals surface area contributed by atoms with Gasteiger partial charge in [-0.3, -0.25) is 9.78 Å². The van der Waals surface area contributed by atoms with E-state index in [2.05, 4.69) is 11.1 Å². The molecule has 0 aromatic carbocycles. The van der Waals surface area contributed by atoms with Crippen molar-refractivity contribution < 1.29 is 14.3 Å². The van der Waals surface area contributed by atoms with Crippen LogP contribution >= 0.6 is 11.8 Å². The van der Waals surface area contributed by atoms with Crippen LogP contribution in [-0.4, -0.2) is 63.8 Å². The van der Waals surface area contributed by atoms with Crippen LogP contribution in [0.4, 0.5) is 4.79 Å². The second-order valence-corrected chi connectivity index (χ2v) is 7.96. The van der Waals surface area contributed by atoms with Gasteiger partial charge in [-0.15, -0.1) is 11.8 Å². The summed E-state index contributed by atoms with van der Waals surface area (Å²) in [4.78, 5) is 31.9. The number of pyridine rings is 1. The average molecular weight is 376 g/mol. The third kappa shape index (κ3) is 5.92. The van der Waals surface area contributed by atoms with Gasteiger partial charge >= 0.3 is 6.09 Å². The Hall–Kier alpha value is -2.27. The lowest BCUT2D eigenvalue weighted by Gasteiger charge is -2.38. The summed E-state index contributed by atoms with van der Waals surface area (Å²) in [5, 5.41) is 9.41. The van der Waals surface area contributed by atoms with Crippen molar-refractivity contribution in [3.8, 4) is 6.07 Å². The Morgan fingerprint density at radius 3 is 2.77 bits per heavy atom. The molecule has 1 aliphatic heterocycles. The van der Waals surface area contributed by atoms with Crippen molar-refractivity contribution in [2.45, 2.75) is 38.2 Å². The zero-order valence-electron chi connectivity index (χ0n) is 15.3. The number of hydrogen-bond acceptors (Lipinski definition) is 6. The van der Waals surface area contributed by atoms with E-state index < -0.39 is 17.7 Å². The fraction of sp³-hybridized carbons (Fsp3) is 0.556. The van der Waals surface area contributed by atoms with Gasteiger partial charge < -0.3 is 14.5 Å². The highest BCUT2D eigenvalue weighted by Crippen LogP contribution is 2.17. The first kappa shape index (κ1) is 20.0. The molecule has 0 aliphatic carbocycles. The molecule has 0 unspecified atom stereocenters. The number of rotatable bonds is 4. The summed E-state index contributed by atoms with van der Waals surface area (Å²) in [5.74, 6) is 0.824. The Bertz CT molecular complexity index is 669. The van der Waals surface area contributed by atoms with Crippen molar-refractivity contribution in [3.63, 3.8) is 0 Å². The zero-order valence-corrected chi connectivity index (χ0v) is 16.2. The molecule has 0 radical (unpaired) electrons. The average Bonchev–Trinajstić information content (AvgIpc) is 2.60. The number of nitrogens with zero attached hydrogens (tertiary/aromatic N) is 4. The molecule has 7 nitrogen and oxygen atoms in total. The maximum Gasteiger partial charge on any atom is 0.410 e. The highest BCUT2D eigenvalue weighted by Gasteiger charge is 2.34. The minimum atomic E-state index is -0.654. The molecule has 2 amide bonds. The Balaban J connectivity index is 1.85. The van der Waals surface area contributed by atoms with Crippen molar-refractivity contribution in [2.24, 2.45) is 0 Å². The first-order chi connectivity index (χ1) is 12.3. The maximum absolute atomic E-state index is 12.5. The zero-order chi connectivity index (χ0) is 19.2. The minimum absolute atomic E-state index is 0.0960. The first-order valence-corrected chi connectivity index (χ1v) is 9.60. The van der Waals surface area contributed by atoms with Gasteiger partial charge in [-0.05, 0) is 32.9 Å². The van der Waals surface area contributed by atoms with Crippen LogP contribution < -0.4 is 0 Å². The first-order valence-electron chi connectivity index (χ1n) is 8.45. The second kappa shape index (κ2) is 8.90. The normalized spacial score (nSPS) is 17.5. The topological polar surface area (TPSA) is 86.5 Å². The Kier molecular flexibility index (Phi) is 6.86. The summed E-state index contributed by atoms with van der Waals surface area (Å²) >= 11 is 1.47. The molecule has 1 atom stereocenters. The highest BCUT2D eigenvalue weighted by molar-refractivity contribution is 7.99. The van der Waals surface area contributed by atoms with E-state index in [-0.39, 0.29) is 18.2 Å². The van der Waals surface area contributed by atoms with Gasteiger partial charge in [0.05, 0.1) is 24.1 Å². The monoisotopic (exact) mass is 376 g/mol. The number of nitriles is 1. The van der Waals surface area contributed by atoms with Crippen molar-refractivity contribution in [2.75, 3.05) is 25.4 Å². The van der Waals surface area contributed by atoms with Crippen molar-refractivity contribution >= 4 is 23.8 Å². The molecule has 2 heterocycles. The molecule has 0 saturated carbocycles. The molecule has 26 heavy (non-hydrogen) atoms. The maximum atomic E-state index is 12.5. The summed E-state index contributed by atoms with van der Waals surface area (Å²) in [6, 6.07) is 7.14. The van der Waals surface area contributed by atoms with Crippen molar-refractivity contribution in [1.29, 1.82) is 5.26 Å². The molecule has 1 aromatic rings. The van der Waals surface area contributed by atoms with Gasteiger partial charge in [-0.1, -0.05) is 6.07 Å². The molecule has 0 spiro atoms. The lowest BCUT2D eigenvalue weighted by atomic mass is 10.2. The summed E-state index contributed by atoms with van der Waals surface area (Å²) in [6.45, 7) is 6.26. The third-order valence-corrected chi connectivity index (χ3v) is 4.65. The lowest BCUT2D eigenvalue weighted by Crippen LogP contribution is -2.57. The lowest BCUT2D eigenvalue weighted by molar-refractivity contribution is -0.131. The van der Waals surface area contributed by atoms with Gasteiger partial charge in [0.15, 0.2) is 0 Å². The summed E-state index contributed by atoms with van der Waals surface area (Å²) in [5.41, 5.74) is 0.325. The molecule has 1 fully saturated rings. The van der Waals surface area contributed by atoms with Crippen LogP contribution in [0.5, 0.6) is 0 Å². The van der Waals surface area contributed by atoms with E-state index in [1.54, 1.807) is 31.9 Å². The van der Waals surface area contributed by atoms with Crippen LogP contribution in [0, 0.1) is 11.3 Å². The Labute approximate surface area is 158 Å².